The molecular weight excluding hydrogens is 272 g/mol. The number of rotatable bonds is 5. The van der Waals surface area contributed by atoms with E-state index in [1.807, 2.05) is 11.4 Å². The Hall–Kier alpha value is -1.35. The molecule has 0 aliphatic carbocycles. The maximum atomic E-state index is 11.8. The lowest BCUT2D eigenvalue weighted by Gasteiger charge is -2.09. The highest BCUT2D eigenvalue weighted by Crippen LogP contribution is 2.17. The van der Waals surface area contributed by atoms with E-state index in [1.54, 1.807) is 11.3 Å². The summed E-state index contributed by atoms with van der Waals surface area (Å²) in [6, 6.07) is 1.96. The molecule has 1 amide bonds. The number of hydrogen-bond acceptors (Lipinski definition) is 4. The van der Waals surface area contributed by atoms with Gasteiger partial charge in [-0.3, -0.25) is 4.79 Å². The number of carbonyl (C=O) groups is 1. The largest absolute Gasteiger partial charge is 0.378 e. The molecule has 1 aromatic heterocycles. The van der Waals surface area contributed by atoms with Gasteiger partial charge in [0.1, 0.15) is 0 Å². The van der Waals surface area contributed by atoms with Crippen molar-refractivity contribution >= 4 is 17.2 Å². The molecule has 1 saturated heterocycles. The molecule has 0 aromatic carbocycles. The maximum absolute atomic E-state index is 11.8. The molecule has 0 bridgehead atoms. The van der Waals surface area contributed by atoms with Crippen molar-refractivity contribution in [3.05, 3.63) is 21.9 Å². The molecule has 2 rings (SSSR count). The molecule has 1 aromatic rings. The number of nitrogens with one attached hydrogen (secondary N) is 1. The third kappa shape index (κ3) is 4.64. The van der Waals surface area contributed by atoms with Gasteiger partial charge in [0.15, 0.2) is 0 Å². The minimum absolute atomic E-state index is 0.0756. The van der Waals surface area contributed by atoms with E-state index in [1.165, 1.54) is 0 Å². The van der Waals surface area contributed by atoms with E-state index in [0.29, 0.717) is 19.5 Å². The number of nitrogens with two attached hydrogens (primary N) is 1. The molecule has 1 aliphatic heterocycles. The zero-order chi connectivity index (χ0) is 14.2. The Morgan fingerprint density at radius 1 is 1.60 bits per heavy atom. The van der Waals surface area contributed by atoms with Crippen molar-refractivity contribution in [2.24, 2.45) is 5.73 Å². The Labute approximate surface area is 123 Å². The maximum Gasteiger partial charge on any atom is 0.220 e. The van der Waals surface area contributed by atoms with Crippen LogP contribution in [0.5, 0.6) is 0 Å². The van der Waals surface area contributed by atoms with Gasteiger partial charge in [0.05, 0.1) is 19.2 Å². The highest BCUT2D eigenvalue weighted by molar-refractivity contribution is 7.10. The van der Waals surface area contributed by atoms with Gasteiger partial charge in [0.2, 0.25) is 5.91 Å². The molecule has 1 aliphatic rings. The molecule has 2 heterocycles. The van der Waals surface area contributed by atoms with Crippen molar-refractivity contribution in [2.75, 3.05) is 13.2 Å². The number of ether oxygens (including phenoxy) is 1. The Bertz CT molecular complexity index is 495. The second kappa shape index (κ2) is 8.05. The van der Waals surface area contributed by atoms with Crippen molar-refractivity contribution < 1.29 is 9.53 Å². The van der Waals surface area contributed by atoms with Gasteiger partial charge < -0.3 is 15.8 Å². The molecule has 0 spiro atoms. The first-order valence-corrected chi connectivity index (χ1v) is 7.81. The predicted molar refractivity (Wildman–Crippen MR) is 80.3 cm³/mol. The van der Waals surface area contributed by atoms with Crippen LogP contribution in [0.25, 0.3) is 0 Å². The van der Waals surface area contributed by atoms with E-state index in [2.05, 4.69) is 17.2 Å². The monoisotopic (exact) mass is 292 g/mol. The van der Waals surface area contributed by atoms with Gasteiger partial charge in [0, 0.05) is 23.5 Å². The minimum atomic E-state index is 0.0756. The zero-order valence-electron chi connectivity index (χ0n) is 11.5. The van der Waals surface area contributed by atoms with Crippen LogP contribution in [0, 0.1) is 11.8 Å². The van der Waals surface area contributed by atoms with E-state index in [-0.39, 0.29) is 12.0 Å². The summed E-state index contributed by atoms with van der Waals surface area (Å²) in [5.41, 5.74) is 6.32. The van der Waals surface area contributed by atoms with Gasteiger partial charge in [0.25, 0.3) is 0 Å². The topological polar surface area (TPSA) is 64.3 Å². The molecule has 4 nitrogen and oxygen atoms in total. The van der Waals surface area contributed by atoms with Crippen LogP contribution in [-0.4, -0.2) is 25.2 Å². The first-order chi connectivity index (χ1) is 9.79. The van der Waals surface area contributed by atoms with Crippen molar-refractivity contribution in [3.63, 3.8) is 0 Å². The molecule has 1 fully saturated rings. The summed E-state index contributed by atoms with van der Waals surface area (Å²) < 4.78 is 5.51. The molecule has 5 heteroatoms. The summed E-state index contributed by atoms with van der Waals surface area (Å²) in [7, 11) is 0. The highest BCUT2D eigenvalue weighted by atomic mass is 32.1. The summed E-state index contributed by atoms with van der Waals surface area (Å²) in [4.78, 5) is 12.9. The van der Waals surface area contributed by atoms with Crippen LogP contribution in [0.1, 0.15) is 36.1 Å². The first kappa shape index (κ1) is 15.0. The lowest BCUT2D eigenvalue weighted by molar-refractivity contribution is -0.121. The van der Waals surface area contributed by atoms with Crippen LogP contribution in [-0.2, 0) is 16.1 Å². The first-order valence-electron chi connectivity index (χ1n) is 6.93. The van der Waals surface area contributed by atoms with Crippen molar-refractivity contribution in [3.8, 4) is 11.8 Å². The normalized spacial score (nSPS) is 17.6. The quantitative estimate of drug-likeness (QED) is 0.811. The summed E-state index contributed by atoms with van der Waals surface area (Å²) in [6.45, 7) is 1.73. The van der Waals surface area contributed by atoms with Crippen molar-refractivity contribution in [2.45, 2.75) is 38.3 Å². The van der Waals surface area contributed by atoms with E-state index in [4.69, 9.17) is 10.5 Å². The SMILES string of the molecule is NCC#Cc1ccsc1CNC(=O)CCC1CCCO1. The number of hydrogen-bond donors (Lipinski definition) is 2. The third-order valence-electron chi connectivity index (χ3n) is 3.23. The van der Waals surface area contributed by atoms with E-state index in [9.17, 15) is 4.79 Å². The lowest BCUT2D eigenvalue weighted by atomic mass is 10.1. The summed E-state index contributed by atoms with van der Waals surface area (Å²) >= 11 is 1.60. The average Bonchev–Trinajstić information content (AvgIpc) is 3.11. The standard InChI is InChI=1S/C15H20N2O2S/c16-8-1-3-12-7-10-20-14(12)11-17-15(18)6-5-13-4-2-9-19-13/h7,10,13H,2,4-6,8-9,11,16H2,(H,17,18). The zero-order valence-corrected chi connectivity index (χ0v) is 12.3. The van der Waals surface area contributed by atoms with E-state index >= 15 is 0 Å². The molecule has 1 unspecified atom stereocenters. The van der Waals surface area contributed by atoms with Crippen molar-refractivity contribution in [1.82, 2.24) is 5.32 Å². The smallest absolute Gasteiger partial charge is 0.220 e. The second-order valence-electron chi connectivity index (χ2n) is 4.71. The molecule has 0 radical (unpaired) electrons. The van der Waals surface area contributed by atoms with Gasteiger partial charge in [-0.2, -0.15) is 0 Å². The van der Waals surface area contributed by atoms with Gasteiger partial charge in [-0.15, -0.1) is 11.3 Å². The number of carbonyl (C=O) groups excluding carboxylic acids is 1. The Morgan fingerprint density at radius 3 is 3.25 bits per heavy atom. The molecular formula is C15H20N2O2S. The van der Waals surface area contributed by atoms with Crippen LogP contribution >= 0.6 is 11.3 Å². The van der Waals surface area contributed by atoms with Crippen LogP contribution in [0.2, 0.25) is 0 Å². The fraction of sp³-hybridized carbons (Fsp3) is 0.533. The molecule has 1 atom stereocenters. The van der Waals surface area contributed by atoms with E-state index in [0.717, 1.165) is 36.3 Å². The molecule has 0 saturated carbocycles. The Morgan fingerprint density at radius 2 is 2.50 bits per heavy atom. The van der Waals surface area contributed by atoms with Gasteiger partial charge in [-0.1, -0.05) is 11.8 Å². The predicted octanol–water partition coefficient (Wildman–Crippen LogP) is 1.63. The summed E-state index contributed by atoms with van der Waals surface area (Å²) in [5.74, 6) is 5.93. The van der Waals surface area contributed by atoms with Gasteiger partial charge >= 0.3 is 0 Å². The number of amides is 1. The lowest BCUT2D eigenvalue weighted by Crippen LogP contribution is -2.23. The highest BCUT2D eigenvalue weighted by Gasteiger charge is 2.16. The van der Waals surface area contributed by atoms with Gasteiger partial charge in [-0.25, -0.2) is 0 Å². The van der Waals surface area contributed by atoms with Crippen molar-refractivity contribution in [1.29, 1.82) is 0 Å². The molecule has 3 N–H and O–H groups in total. The molecule has 20 heavy (non-hydrogen) atoms. The van der Waals surface area contributed by atoms with Gasteiger partial charge in [-0.05, 0) is 30.7 Å². The minimum Gasteiger partial charge on any atom is -0.378 e. The molecule has 108 valence electrons. The second-order valence-corrected chi connectivity index (χ2v) is 5.71. The third-order valence-corrected chi connectivity index (χ3v) is 4.15. The fourth-order valence-electron chi connectivity index (χ4n) is 2.17. The van der Waals surface area contributed by atoms with E-state index < -0.39 is 0 Å². The van der Waals surface area contributed by atoms with Crippen LogP contribution in [0.4, 0.5) is 0 Å². The van der Waals surface area contributed by atoms with Crippen LogP contribution in [0.15, 0.2) is 11.4 Å². The van der Waals surface area contributed by atoms with Crippen LogP contribution < -0.4 is 11.1 Å². The number of thiophene rings is 1. The average molecular weight is 292 g/mol. The Kier molecular flexibility index (Phi) is 6.06. The summed E-state index contributed by atoms with van der Waals surface area (Å²) in [5, 5.41) is 4.92. The summed E-state index contributed by atoms with van der Waals surface area (Å²) in [6.07, 6.45) is 3.81. The Balaban J connectivity index is 1.74. The van der Waals surface area contributed by atoms with Crippen LogP contribution in [0.3, 0.4) is 0 Å². The fourth-order valence-corrected chi connectivity index (χ4v) is 2.94.